The Morgan fingerprint density at radius 3 is 3.00 bits per heavy atom. The van der Waals surface area contributed by atoms with E-state index in [1.165, 1.54) is 6.33 Å². The van der Waals surface area contributed by atoms with Crippen LogP contribution in [0.15, 0.2) is 24.3 Å². The smallest absolute Gasteiger partial charge is 0.167 e. The van der Waals surface area contributed by atoms with Gasteiger partial charge in [0.25, 0.3) is 0 Å². The van der Waals surface area contributed by atoms with E-state index >= 15 is 0 Å². The lowest BCUT2D eigenvalue weighted by molar-refractivity contribution is -0.0207. The Balaban J connectivity index is 1.80. The van der Waals surface area contributed by atoms with Gasteiger partial charge in [0.05, 0.1) is 25.6 Å². The standard InChI is InChI=1S/C15H21N5O3/c1-10(6-21)4-5-16-14-13-15(18-8-17-14)20(9-19-13)12-3-2-11(7-22)23-12/h4,8-9,11-12,21-22H,2-3,5-7H2,1H3,(H,16,17,18)/b10-4+. The minimum absolute atomic E-state index is 0.0292. The van der Waals surface area contributed by atoms with E-state index in [4.69, 9.17) is 9.84 Å². The topological polar surface area (TPSA) is 105 Å². The molecule has 124 valence electrons. The molecule has 23 heavy (non-hydrogen) atoms. The summed E-state index contributed by atoms with van der Waals surface area (Å²) >= 11 is 0. The van der Waals surface area contributed by atoms with Gasteiger partial charge < -0.3 is 20.3 Å². The number of ether oxygens (including phenoxy) is 1. The number of fused-ring (bicyclic) bond motifs is 1. The molecule has 2 aromatic heterocycles. The van der Waals surface area contributed by atoms with Crippen LogP contribution >= 0.6 is 0 Å². The normalized spacial score (nSPS) is 22.0. The molecule has 3 rings (SSSR count). The molecular weight excluding hydrogens is 298 g/mol. The van der Waals surface area contributed by atoms with E-state index in [0.717, 1.165) is 18.4 Å². The lowest BCUT2D eigenvalue weighted by Crippen LogP contribution is -2.14. The van der Waals surface area contributed by atoms with Gasteiger partial charge in [-0.15, -0.1) is 0 Å². The molecule has 3 heterocycles. The van der Waals surface area contributed by atoms with Crippen molar-refractivity contribution in [1.29, 1.82) is 0 Å². The lowest BCUT2D eigenvalue weighted by atomic mass is 10.2. The minimum Gasteiger partial charge on any atom is -0.394 e. The van der Waals surface area contributed by atoms with Gasteiger partial charge in [-0.25, -0.2) is 15.0 Å². The third-order valence-electron chi connectivity index (χ3n) is 3.93. The second-order valence-electron chi connectivity index (χ2n) is 5.61. The van der Waals surface area contributed by atoms with Gasteiger partial charge in [0.2, 0.25) is 0 Å². The Kier molecular flexibility index (Phi) is 4.85. The van der Waals surface area contributed by atoms with Gasteiger partial charge in [0, 0.05) is 6.54 Å². The average Bonchev–Trinajstić information content (AvgIpc) is 3.21. The van der Waals surface area contributed by atoms with Crippen LogP contribution in [-0.2, 0) is 4.74 Å². The third-order valence-corrected chi connectivity index (χ3v) is 3.93. The van der Waals surface area contributed by atoms with Crippen LogP contribution in [-0.4, -0.2) is 55.6 Å². The first-order chi connectivity index (χ1) is 11.2. The van der Waals surface area contributed by atoms with Crippen LogP contribution in [0.3, 0.4) is 0 Å². The van der Waals surface area contributed by atoms with Crippen molar-refractivity contribution < 1.29 is 14.9 Å². The highest BCUT2D eigenvalue weighted by Crippen LogP contribution is 2.30. The predicted octanol–water partition coefficient (Wildman–Crippen LogP) is 0.847. The van der Waals surface area contributed by atoms with Crippen LogP contribution in [0.1, 0.15) is 26.0 Å². The van der Waals surface area contributed by atoms with Gasteiger partial charge in [-0.05, 0) is 19.8 Å². The zero-order valence-corrected chi connectivity index (χ0v) is 13.0. The number of aliphatic hydroxyl groups excluding tert-OH is 2. The number of anilines is 1. The van der Waals surface area contributed by atoms with E-state index in [9.17, 15) is 5.11 Å². The lowest BCUT2D eigenvalue weighted by Gasteiger charge is -2.13. The highest BCUT2D eigenvalue weighted by Gasteiger charge is 2.27. The Morgan fingerprint density at radius 2 is 2.26 bits per heavy atom. The molecule has 1 fully saturated rings. The largest absolute Gasteiger partial charge is 0.394 e. The molecule has 0 bridgehead atoms. The van der Waals surface area contributed by atoms with Crippen LogP contribution in [0.4, 0.5) is 5.82 Å². The molecule has 0 amide bonds. The molecule has 0 aliphatic carbocycles. The summed E-state index contributed by atoms with van der Waals surface area (Å²) in [7, 11) is 0. The Bertz CT molecular complexity index is 699. The maximum Gasteiger partial charge on any atom is 0.167 e. The fourth-order valence-electron chi connectivity index (χ4n) is 2.60. The van der Waals surface area contributed by atoms with E-state index < -0.39 is 0 Å². The molecule has 0 spiro atoms. The van der Waals surface area contributed by atoms with Gasteiger partial charge in [-0.2, -0.15) is 0 Å². The summed E-state index contributed by atoms with van der Waals surface area (Å²) in [4.78, 5) is 12.9. The first kappa shape index (κ1) is 15.9. The molecule has 8 nitrogen and oxygen atoms in total. The molecule has 1 aliphatic rings. The highest BCUT2D eigenvalue weighted by atomic mass is 16.5. The summed E-state index contributed by atoms with van der Waals surface area (Å²) in [6, 6.07) is 0. The van der Waals surface area contributed by atoms with Crippen LogP contribution in [0.5, 0.6) is 0 Å². The van der Waals surface area contributed by atoms with Crippen LogP contribution in [0, 0.1) is 0 Å². The fraction of sp³-hybridized carbons (Fsp3) is 0.533. The molecule has 2 unspecified atom stereocenters. The Morgan fingerprint density at radius 1 is 1.39 bits per heavy atom. The van der Waals surface area contributed by atoms with Crippen molar-refractivity contribution >= 4 is 17.0 Å². The molecule has 0 saturated carbocycles. The third kappa shape index (κ3) is 3.34. The number of aromatic nitrogens is 4. The van der Waals surface area contributed by atoms with Crippen molar-refractivity contribution in [3.05, 3.63) is 24.3 Å². The maximum absolute atomic E-state index is 9.19. The number of rotatable bonds is 6. The summed E-state index contributed by atoms with van der Waals surface area (Å²) in [5, 5.41) is 21.4. The molecule has 1 saturated heterocycles. The van der Waals surface area contributed by atoms with E-state index in [-0.39, 0.29) is 25.5 Å². The molecule has 0 aromatic carbocycles. The first-order valence-electron chi connectivity index (χ1n) is 7.67. The number of hydrogen-bond acceptors (Lipinski definition) is 7. The number of hydrogen-bond donors (Lipinski definition) is 3. The van der Waals surface area contributed by atoms with Crippen molar-refractivity contribution in [2.75, 3.05) is 25.1 Å². The van der Waals surface area contributed by atoms with E-state index in [2.05, 4.69) is 20.3 Å². The van der Waals surface area contributed by atoms with Gasteiger partial charge >= 0.3 is 0 Å². The summed E-state index contributed by atoms with van der Waals surface area (Å²) in [5.41, 5.74) is 2.27. The summed E-state index contributed by atoms with van der Waals surface area (Å²) in [6.07, 6.45) is 6.45. The highest BCUT2D eigenvalue weighted by molar-refractivity contribution is 5.82. The van der Waals surface area contributed by atoms with E-state index in [1.54, 1.807) is 6.33 Å². The van der Waals surface area contributed by atoms with Gasteiger partial charge in [-0.3, -0.25) is 4.57 Å². The van der Waals surface area contributed by atoms with Crippen molar-refractivity contribution in [1.82, 2.24) is 19.5 Å². The van der Waals surface area contributed by atoms with Gasteiger partial charge in [-0.1, -0.05) is 11.6 Å². The Hall–Kier alpha value is -2.03. The number of nitrogens with one attached hydrogen (secondary N) is 1. The molecule has 0 radical (unpaired) electrons. The second-order valence-corrected chi connectivity index (χ2v) is 5.61. The quantitative estimate of drug-likeness (QED) is 0.678. The first-order valence-corrected chi connectivity index (χ1v) is 7.67. The summed E-state index contributed by atoms with van der Waals surface area (Å²) in [5.74, 6) is 0.646. The number of aliphatic hydroxyl groups is 2. The van der Waals surface area contributed by atoms with Crippen molar-refractivity contribution in [3.63, 3.8) is 0 Å². The molecule has 2 aromatic rings. The summed E-state index contributed by atoms with van der Waals surface area (Å²) < 4.78 is 7.67. The maximum atomic E-state index is 9.19. The van der Waals surface area contributed by atoms with Crippen LogP contribution in [0.25, 0.3) is 11.2 Å². The van der Waals surface area contributed by atoms with Crippen molar-refractivity contribution in [3.8, 4) is 0 Å². The average molecular weight is 319 g/mol. The molecule has 8 heteroatoms. The van der Waals surface area contributed by atoms with Crippen molar-refractivity contribution in [2.45, 2.75) is 32.1 Å². The number of nitrogens with zero attached hydrogens (tertiary/aromatic N) is 4. The molecule has 1 aliphatic heterocycles. The summed E-state index contributed by atoms with van der Waals surface area (Å²) in [6.45, 7) is 2.49. The van der Waals surface area contributed by atoms with Crippen LogP contribution in [0.2, 0.25) is 0 Å². The van der Waals surface area contributed by atoms with Crippen LogP contribution < -0.4 is 5.32 Å². The fourth-order valence-corrected chi connectivity index (χ4v) is 2.60. The molecular formula is C15H21N5O3. The van der Waals surface area contributed by atoms with Crippen molar-refractivity contribution in [2.24, 2.45) is 0 Å². The predicted molar refractivity (Wildman–Crippen MR) is 84.9 cm³/mol. The monoisotopic (exact) mass is 319 g/mol. The van der Waals surface area contributed by atoms with Gasteiger partial charge in [0.15, 0.2) is 17.0 Å². The zero-order chi connectivity index (χ0) is 16.2. The SMILES string of the molecule is C/C(=C\CNc1ncnc2c1ncn2C1CCC(CO)O1)CO. The molecule has 2 atom stereocenters. The molecule has 3 N–H and O–H groups in total. The zero-order valence-electron chi connectivity index (χ0n) is 13.0. The van der Waals surface area contributed by atoms with Gasteiger partial charge in [0.1, 0.15) is 12.6 Å². The number of imidazole rings is 1. The second kappa shape index (κ2) is 7.03. The van der Waals surface area contributed by atoms with E-state index in [1.807, 2.05) is 17.6 Å². The minimum atomic E-state index is -0.156. The Labute approximate surface area is 133 Å². The van der Waals surface area contributed by atoms with E-state index in [0.29, 0.717) is 23.5 Å².